The highest BCUT2D eigenvalue weighted by Crippen LogP contribution is 2.35. The molecule has 154 valence electrons. The highest BCUT2D eigenvalue weighted by Gasteiger charge is 2.32. The first kappa shape index (κ1) is 20.9. The molecule has 2 aromatic heterocycles. The quantitative estimate of drug-likeness (QED) is 0.268. The number of benzene rings is 1. The minimum atomic E-state index is -0.311. The first-order valence-electron chi connectivity index (χ1n) is 9.18. The first-order valence-corrected chi connectivity index (χ1v) is 11.2. The number of halogens is 1. The normalized spacial score (nSPS) is 15.5. The SMILES string of the molecule is CCOC(=O)Cn1cc(/C=C2\SC(=S)N(Cc3ccco3)C2=O)c2cc(Br)ccc21. The minimum absolute atomic E-state index is 0.0965. The lowest BCUT2D eigenvalue weighted by Crippen LogP contribution is -2.27. The highest BCUT2D eigenvalue weighted by molar-refractivity contribution is 9.10. The van der Waals surface area contributed by atoms with Gasteiger partial charge in [-0.05, 0) is 43.3 Å². The summed E-state index contributed by atoms with van der Waals surface area (Å²) in [5.74, 6) is 0.193. The van der Waals surface area contributed by atoms with E-state index in [0.29, 0.717) is 28.1 Å². The van der Waals surface area contributed by atoms with Crippen LogP contribution in [0.4, 0.5) is 0 Å². The maximum Gasteiger partial charge on any atom is 0.325 e. The van der Waals surface area contributed by atoms with Gasteiger partial charge in [0.1, 0.15) is 16.6 Å². The highest BCUT2D eigenvalue weighted by atomic mass is 79.9. The van der Waals surface area contributed by atoms with Crippen molar-refractivity contribution in [2.24, 2.45) is 0 Å². The summed E-state index contributed by atoms with van der Waals surface area (Å²) in [5.41, 5.74) is 1.71. The van der Waals surface area contributed by atoms with Crippen molar-refractivity contribution in [3.8, 4) is 0 Å². The van der Waals surface area contributed by atoms with Gasteiger partial charge >= 0.3 is 5.97 Å². The number of hydrogen-bond acceptors (Lipinski definition) is 6. The molecule has 1 amide bonds. The zero-order chi connectivity index (χ0) is 21.3. The number of rotatable bonds is 6. The van der Waals surface area contributed by atoms with Crippen LogP contribution in [0.15, 0.2) is 56.6 Å². The number of fused-ring (bicyclic) bond motifs is 1. The van der Waals surface area contributed by atoms with E-state index in [1.165, 1.54) is 16.7 Å². The predicted molar refractivity (Wildman–Crippen MR) is 124 cm³/mol. The van der Waals surface area contributed by atoms with Crippen molar-refractivity contribution >= 4 is 73.1 Å². The van der Waals surface area contributed by atoms with Crippen LogP contribution < -0.4 is 0 Å². The molecule has 6 nitrogen and oxygen atoms in total. The van der Waals surface area contributed by atoms with E-state index in [9.17, 15) is 9.59 Å². The summed E-state index contributed by atoms with van der Waals surface area (Å²) in [6.07, 6.45) is 5.24. The molecule has 0 unspecified atom stereocenters. The third-order valence-corrected chi connectivity index (χ3v) is 6.40. The predicted octanol–water partition coefficient (Wildman–Crippen LogP) is 4.96. The number of thiocarbonyl (C=S) groups is 1. The van der Waals surface area contributed by atoms with Gasteiger partial charge in [-0.1, -0.05) is 39.9 Å². The largest absolute Gasteiger partial charge is 0.467 e. The zero-order valence-corrected chi connectivity index (χ0v) is 19.2. The summed E-state index contributed by atoms with van der Waals surface area (Å²) in [4.78, 5) is 27.0. The lowest BCUT2D eigenvalue weighted by Gasteiger charge is -2.11. The third-order valence-electron chi connectivity index (χ3n) is 4.53. The van der Waals surface area contributed by atoms with Crippen molar-refractivity contribution in [1.29, 1.82) is 0 Å². The number of carbonyl (C=O) groups is 2. The Balaban J connectivity index is 1.68. The van der Waals surface area contributed by atoms with Crippen molar-refractivity contribution in [1.82, 2.24) is 9.47 Å². The summed E-state index contributed by atoms with van der Waals surface area (Å²) in [7, 11) is 0. The van der Waals surface area contributed by atoms with Crippen LogP contribution in [0, 0.1) is 0 Å². The molecule has 4 rings (SSSR count). The second kappa shape index (κ2) is 8.79. The molecule has 0 saturated carbocycles. The van der Waals surface area contributed by atoms with Crippen LogP contribution in [-0.2, 0) is 27.4 Å². The topological polar surface area (TPSA) is 64.7 Å². The van der Waals surface area contributed by atoms with Crippen LogP contribution in [-0.4, -0.2) is 32.3 Å². The van der Waals surface area contributed by atoms with Gasteiger partial charge in [0.25, 0.3) is 5.91 Å². The van der Waals surface area contributed by atoms with Crippen LogP contribution in [0.2, 0.25) is 0 Å². The van der Waals surface area contributed by atoms with Crippen molar-refractivity contribution in [2.45, 2.75) is 20.0 Å². The Morgan fingerprint density at radius 2 is 2.20 bits per heavy atom. The standard InChI is InChI=1S/C21H17BrN2O4S2/c1-2-27-19(25)12-23-10-13(16-9-14(22)5-6-17(16)23)8-18-20(26)24(21(29)30-18)11-15-4-3-7-28-15/h3-10H,2,11-12H2,1H3/b18-8-. The van der Waals surface area contributed by atoms with E-state index in [1.54, 1.807) is 19.3 Å². The molecule has 0 atom stereocenters. The van der Waals surface area contributed by atoms with Gasteiger partial charge in [0.2, 0.25) is 0 Å². The lowest BCUT2D eigenvalue weighted by atomic mass is 10.1. The Labute approximate surface area is 191 Å². The second-order valence-electron chi connectivity index (χ2n) is 6.53. The Hall–Kier alpha value is -2.36. The molecule has 0 bridgehead atoms. The Kier molecular flexibility index (Phi) is 6.12. The van der Waals surface area contributed by atoms with Gasteiger partial charge in [-0.3, -0.25) is 14.5 Å². The van der Waals surface area contributed by atoms with E-state index in [-0.39, 0.29) is 18.4 Å². The van der Waals surface area contributed by atoms with Crippen molar-refractivity contribution < 1.29 is 18.7 Å². The van der Waals surface area contributed by atoms with Gasteiger partial charge in [0.15, 0.2) is 0 Å². The summed E-state index contributed by atoms with van der Waals surface area (Å²) in [6, 6.07) is 9.39. The summed E-state index contributed by atoms with van der Waals surface area (Å²) >= 11 is 10.2. The summed E-state index contributed by atoms with van der Waals surface area (Å²) in [5, 5.41) is 0.921. The van der Waals surface area contributed by atoms with Gasteiger partial charge in [-0.15, -0.1) is 0 Å². The van der Waals surface area contributed by atoms with Crippen LogP contribution >= 0.6 is 39.9 Å². The maximum absolute atomic E-state index is 12.9. The number of aromatic nitrogens is 1. The molecule has 9 heteroatoms. The fourth-order valence-corrected chi connectivity index (χ4v) is 4.83. The number of esters is 1. The van der Waals surface area contributed by atoms with Gasteiger partial charge in [-0.25, -0.2) is 0 Å². The average molecular weight is 505 g/mol. The van der Waals surface area contributed by atoms with Crippen LogP contribution in [0.25, 0.3) is 17.0 Å². The number of carbonyl (C=O) groups excluding carboxylic acids is 2. The molecule has 1 aliphatic rings. The molecule has 0 radical (unpaired) electrons. The number of ether oxygens (including phenoxy) is 1. The van der Waals surface area contributed by atoms with Gasteiger partial charge < -0.3 is 13.7 Å². The summed E-state index contributed by atoms with van der Waals surface area (Å²) in [6.45, 7) is 2.50. The molecule has 1 aliphatic heterocycles. The molecule has 3 heterocycles. The minimum Gasteiger partial charge on any atom is -0.467 e. The van der Waals surface area contributed by atoms with Gasteiger partial charge in [-0.2, -0.15) is 0 Å². The van der Waals surface area contributed by atoms with Crippen molar-refractivity contribution in [3.05, 3.63) is 63.5 Å². The van der Waals surface area contributed by atoms with Crippen LogP contribution in [0.3, 0.4) is 0 Å². The van der Waals surface area contributed by atoms with E-state index in [0.717, 1.165) is 20.9 Å². The number of hydrogen-bond donors (Lipinski definition) is 0. The van der Waals surface area contributed by atoms with Crippen molar-refractivity contribution in [2.75, 3.05) is 6.61 Å². The molecule has 30 heavy (non-hydrogen) atoms. The average Bonchev–Trinajstić information content (AvgIpc) is 3.39. The summed E-state index contributed by atoms with van der Waals surface area (Å²) < 4.78 is 13.6. The number of amides is 1. The van der Waals surface area contributed by atoms with E-state index < -0.39 is 0 Å². The lowest BCUT2D eigenvalue weighted by molar-refractivity contribution is -0.143. The van der Waals surface area contributed by atoms with Gasteiger partial charge in [0, 0.05) is 27.1 Å². The molecular weight excluding hydrogens is 488 g/mol. The number of nitrogens with zero attached hydrogens (tertiary/aromatic N) is 2. The van der Waals surface area contributed by atoms with Crippen LogP contribution in [0.1, 0.15) is 18.2 Å². The first-order chi connectivity index (χ1) is 14.5. The third kappa shape index (κ3) is 4.23. The number of thioether (sulfide) groups is 1. The fourth-order valence-electron chi connectivity index (χ4n) is 3.22. The van der Waals surface area contributed by atoms with E-state index in [1.807, 2.05) is 41.1 Å². The molecule has 1 aromatic carbocycles. The molecule has 1 fully saturated rings. The van der Waals surface area contributed by atoms with Crippen molar-refractivity contribution in [3.63, 3.8) is 0 Å². The Morgan fingerprint density at radius 1 is 1.37 bits per heavy atom. The maximum atomic E-state index is 12.9. The van der Waals surface area contributed by atoms with E-state index >= 15 is 0 Å². The number of furan rings is 1. The monoisotopic (exact) mass is 504 g/mol. The van der Waals surface area contributed by atoms with E-state index in [2.05, 4.69) is 15.9 Å². The Bertz CT molecular complexity index is 1170. The molecule has 0 aliphatic carbocycles. The zero-order valence-electron chi connectivity index (χ0n) is 16.0. The molecule has 0 N–H and O–H groups in total. The molecular formula is C21H17BrN2O4S2. The van der Waals surface area contributed by atoms with E-state index in [4.69, 9.17) is 21.4 Å². The fraction of sp³-hybridized carbons (Fsp3) is 0.190. The van der Waals surface area contributed by atoms with Gasteiger partial charge in [0.05, 0.1) is 24.3 Å². The molecule has 1 saturated heterocycles. The van der Waals surface area contributed by atoms with Crippen LogP contribution in [0.5, 0.6) is 0 Å². The second-order valence-corrected chi connectivity index (χ2v) is 9.12. The Morgan fingerprint density at radius 3 is 2.93 bits per heavy atom. The molecule has 0 spiro atoms. The smallest absolute Gasteiger partial charge is 0.325 e. The molecule has 3 aromatic rings.